The van der Waals surface area contributed by atoms with Crippen molar-refractivity contribution in [2.75, 3.05) is 13.6 Å². The van der Waals surface area contributed by atoms with Crippen LogP contribution in [0.1, 0.15) is 27.7 Å². The number of carbonyl (C=O) groups is 3. The Morgan fingerprint density at radius 2 is 1.71 bits per heavy atom. The van der Waals surface area contributed by atoms with E-state index in [4.69, 9.17) is 0 Å². The molecule has 0 radical (unpaired) electrons. The van der Waals surface area contributed by atoms with Gasteiger partial charge in [0.05, 0.1) is 6.54 Å². The SMILES string of the molecule is CNC(=O)[C@H](C)NC(=O)CNC(=O)C(C)(C)C. The molecule has 0 fully saturated rings. The Balaban J connectivity index is 4.05. The van der Waals surface area contributed by atoms with Gasteiger partial charge in [-0.1, -0.05) is 20.8 Å². The van der Waals surface area contributed by atoms with Gasteiger partial charge in [-0.2, -0.15) is 0 Å². The molecule has 3 N–H and O–H groups in total. The second-order valence-electron chi connectivity index (χ2n) is 4.84. The fourth-order valence-electron chi connectivity index (χ4n) is 1.00. The molecule has 0 aromatic rings. The van der Waals surface area contributed by atoms with Crippen LogP contribution in [-0.4, -0.2) is 37.4 Å². The summed E-state index contributed by atoms with van der Waals surface area (Å²) in [6.45, 7) is 6.72. The van der Waals surface area contributed by atoms with Crippen molar-refractivity contribution in [3.8, 4) is 0 Å². The lowest BCUT2D eigenvalue weighted by Crippen LogP contribution is -2.48. The largest absolute Gasteiger partial charge is 0.357 e. The summed E-state index contributed by atoms with van der Waals surface area (Å²) < 4.78 is 0. The third-order valence-electron chi connectivity index (χ3n) is 2.11. The summed E-state index contributed by atoms with van der Waals surface area (Å²) in [5.74, 6) is -0.876. The maximum Gasteiger partial charge on any atom is 0.242 e. The molecule has 0 aliphatic heterocycles. The van der Waals surface area contributed by atoms with Crippen molar-refractivity contribution in [1.82, 2.24) is 16.0 Å². The topological polar surface area (TPSA) is 87.3 Å². The highest BCUT2D eigenvalue weighted by Gasteiger charge is 2.22. The van der Waals surface area contributed by atoms with Gasteiger partial charge in [0.1, 0.15) is 6.04 Å². The average molecular weight is 243 g/mol. The molecule has 0 aliphatic carbocycles. The number of carbonyl (C=O) groups excluding carboxylic acids is 3. The molecule has 0 aromatic heterocycles. The summed E-state index contributed by atoms with van der Waals surface area (Å²) >= 11 is 0. The molecule has 0 aliphatic rings. The zero-order chi connectivity index (χ0) is 13.6. The molecule has 0 bridgehead atoms. The number of hydrogen-bond acceptors (Lipinski definition) is 3. The molecule has 0 heterocycles. The smallest absolute Gasteiger partial charge is 0.242 e. The fraction of sp³-hybridized carbons (Fsp3) is 0.727. The van der Waals surface area contributed by atoms with E-state index in [9.17, 15) is 14.4 Å². The summed E-state index contributed by atoms with van der Waals surface area (Å²) in [6, 6.07) is -0.612. The number of amides is 3. The molecule has 17 heavy (non-hydrogen) atoms. The molecule has 6 heteroatoms. The van der Waals surface area contributed by atoms with Crippen molar-refractivity contribution >= 4 is 17.7 Å². The molecule has 0 spiro atoms. The standard InChI is InChI=1S/C11H21N3O3/c1-7(9(16)12-5)14-8(15)6-13-10(17)11(2,3)4/h7H,6H2,1-5H3,(H,12,16)(H,13,17)(H,14,15)/t7-/m0/s1. The number of nitrogens with one attached hydrogen (secondary N) is 3. The Morgan fingerprint density at radius 1 is 1.18 bits per heavy atom. The van der Waals surface area contributed by atoms with Crippen LogP contribution in [0.4, 0.5) is 0 Å². The van der Waals surface area contributed by atoms with Crippen LogP contribution in [0.3, 0.4) is 0 Å². The highest BCUT2D eigenvalue weighted by molar-refractivity contribution is 5.90. The van der Waals surface area contributed by atoms with Crippen molar-refractivity contribution in [2.24, 2.45) is 5.41 Å². The van der Waals surface area contributed by atoms with E-state index >= 15 is 0 Å². The van der Waals surface area contributed by atoms with Crippen LogP contribution in [0.15, 0.2) is 0 Å². The summed E-state index contributed by atoms with van der Waals surface area (Å²) in [7, 11) is 1.49. The van der Waals surface area contributed by atoms with Crippen molar-refractivity contribution < 1.29 is 14.4 Å². The van der Waals surface area contributed by atoms with Crippen LogP contribution in [0.25, 0.3) is 0 Å². The van der Waals surface area contributed by atoms with Gasteiger partial charge in [-0.25, -0.2) is 0 Å². The van der Waals surface area contributed by atoms with Gasteiger partial charge < -0.3 is 16.0 Å². The van der Waals surface area contributed by atoms with E-state index < -0.39 is 17.4 Å². The van der Waals surface area contributed by atoms with E-state index in [2.05, 4.69) is 16.0 Å². The lowest BCUT2D eigenvalue weighted by Gasteiger charge is -2.18. The van der Waals surface area contributed by atoms with Gasteiger partial charge in [-0.15, -0.1) is 0 Å². The van der Waals surface area contributed by atoms with Gasteiger partial charge in [0.2, 0.25) is 17.7 Å². The third kappa shape index (κ3) is 5.89. The minimum Gasteiger partial charge on any atom is -0.357 e. The second kappa shape index (κ2) is 6.22. The van der Waals surface area contributed by atoms with Crippen LogP contribution in [0, 0.1) is 5.41 Å². The molecule has 0 saturated heterocycles. The molecule has 1 atom stereocenters. The first-order valence-electron chi connectivity index (χ1n) is 5.47. The Hall–Kier alpha value is -1.59. The molecule has 0 unspecified atom stereocenters. The van der Waals surface area contributed by atoms with Gasteiger partial charge in [0, 0.05) is 12.5 Å². The van der Waals surface area contributed by atoms with Crippen LogP contribution >= 0.6 is 0 Å². The maximum absolute atomic E-state index is 11.5. The molecule has 0 saturated carbocycles. The predicted octanol–water partition coefficient (Wildman–Crippen LogP) is -0.601. The Kier molecular flexibility index (Phi) is 5.64. The summed E-state index contributed by atoms with van der Waals surface area (Å²) in [5, 5.41) is 7.39. The molecular formula is C11H21N3O3. The lowest BCUT2D eigenvalue weighted by atomic mass is 9.96. The molecular weight excluding hydrogens is 222 g/mol. The zero-order valence-electron chi connectivity index (χ0n) is 11.0. The number of hydrogen-bond donors (Lipinski definition) is 3. The minimum atomic E-state index is -0.612. The molecule has 3 amide bonds. The summed E-state index contributed by atoms with van der Waals surface area (Å²) in [4.78, 5) is 34.0. The van der Waals surface area contributed by atoms with Crippen LogP contribution in [-0.2, 0) is 14.4 Å². The van der Waals surface area contributed by atoms with Crippen molar-refractivity contribution in [3.05, 3.63) is 0 Å². The van der Waals surface area contributed by atoms with Crippen molar-refractivity contribution in [3.63, 3.8) is 0 Å². The first kappa shape index (κ1) is 15.4. The van der Waals surface area contributed by atoms with Gasteiger partial charge in [-0.05, 0) is 6.92 Å². The Bertz CT molecular complexity index is 308. The van der Waals surface area contributed by atoms with E-state index in [1.807, 2.05) is 0 Å². The fourth-order valence-corrected chi connectivity index (χ4v) is 1.00. The van der Waals surface area contributed by atoms with Crippen molar-refractivity contribution in [1.29, 1.82) is 0 Å². The van der Waals surface area contributed by atoms with Gasteiger partial charge >= 0.3 is 0 Å². The number of likely N-dealkylation sites (N-methyl/N-ethyl adjacent to an activating group) is 1. The highest BCUT2D eigenvalue weighted by Crippen LogP contribution is 2.11. The molecule has 6 nitrogen and oxygen atoms in total. The number of rotatable bonds is 4. The molecule has 98 valence electrons. The zero-order valence-corrected chi connectivity index (χ0v) is 11.0. The van der Waals surface area contributed by atoms with Crippen LogP contribution in [0.2, 0.25) is 0 Å². The van der Waals surface area contributed by atoms with Gasteiger partial charge in [0.25, 0.3) is 0 Å². The normalized spacial score (nSPS) is 12.5. The first-order valence-corrected chi connectivity index (χ1v) is 5.47. The monoisotopic (exact) mass is 243 g/mol. The predicted molar refractivity (Wildman–Crippen MR) is 64.1 cm³/mol. The lowest BCUT2D eigenvalue weighted by molar-refractivity contribution is -0.132. The van der Waals surface area contributed by atoms with E-state index in [1.54, 1.807) is 27.7 Å². The highest BCUT2D eigenvalue weighted by atomic mass is 16.2. The van der Waals surface area contributed by atoms with E-state index in [0.717, 1.165) is 0 Å². The average Bonchev–Trinajstić information content (AvgIpc) is 2.23. The van der Waals surface area contributed by atoms with E-state index in [1.165, 1.54) is 7.05 Å². The van der Waals surface area contributed by atoms with Crippen LogP contribution in [0.5, 0.6) is 0 Å². The maximum atomic E-state index is 11.5. The Morgan fingerprint density at radius 3 is 2.12 bits per heavy atom. The molecule has 0 aromatic carbocycles. The third-order valence-corrected chi connectivity index (χ3v) is 2.11. The van der Waals surface area contributed by atoms with Gasteiger partial charge in [-0.3, -0.25) is 14.4 Å². The van der Waals surface area contributed by atoms with Gasteiger partial charge in [0.15, 0.2) is 0 Å². The minimum absolute atomic E-state index is 0.128. The van der Waals surface area contributed by atoms with Crippen LogP contribution < -0.4 is 16.0 Å². The summed E-state index contributed by atoms with van der Waals surface area (Å²) in [5.41, 5.74) is -0.535. The summed E-state index contributed by atoms with van der Waals surface area (Å²) in [6.07, 6.45) is 0. The second-order valence-corrected chi connectivity index (χ2v) is 4.84. The Labute approximate surface area is 102 Å². The van der Waals surface area contributed by atoms with E-state index in [0.29, 0.717) is 0 Å². The van der Waals surface area contributed by atoms with E-state index in [-0.39, 0.29) is 18.4 Å². The first-order chi connectivity index (χ1) is 7.68. The van der Waals surface area contributed by atoms with Crippen molar-refractivity contribution in [2.45, 2.75) is 33.7 Å². The molecule has 0 rings (SSSR count). The quantitative estimate of drug-likeness (QED) is 0.616.